The first kappa shape index (κ1) is 15.8. The summed E-state index contributed by atoms with van der Waals surface area (Å²) in [6, 6.07) is 6.36. The van der Waals surface area contributed by atoms with Crippen LogP contribution in [0.3, 0.4) is 0 Å². The van der Waals surface area contributed by atoms with Gasteiger partial charge in [0.25, 0.3) is 0 Å². The van der Waals surface area contributed by atoms with Gasteiger partial charge in [0.2, 0.25) is 0 Å². The predicted octanol–water partition coefficient (Wildman–Crippen LogP) is 3.79. The molecule has 1 aromatic carbocycles. The maximum Gasteiger partial charge on any atom is 0.172 e. The van der Waals surface area contributed by atoms with Gasteiger partial charge in [-0.15, -0.1) is 5.10 Å². The Morgan fingerprint density at radius 1 is 1.17 bits per heavy atom. The zero-order valence-electron chi connectivity index (χ0n) is 13.2. The number of hydrogen-bond acceptors (Lipinski definition) is 3. The zero-order valence-corrected chi connectivity index (χ0v) is 13.2. The van der Waals surface area contributed by atoms with E-state index in [-0.39, 0.29) is 5.82 Å². The van der Waals surface area contributed by atoms with E-state index in [1.165, 1.54) is 44.2 Å². The maximum atomic E-state index is 13.0. The van der Waals surface area contributed by atoms with Gasteiger partial charge < -0.3 is 0 Å². The number of aldehydes is 1. The van der Waals surface area contributed by atoms with E-state index < -0.39 is 0 Å². The monoisotopic (exact) mass is 315 g/mol. The first-order chi connectivity index (χ1) is 11.3. The van der Waals surface area contributed by atoms with Crippen molar-refractivity contribution in [1.82, 2.24) is 15.0 Å². The highest BCUT2D eigenvalue weighted by molar-refractivity contribution is 5.73. The smallest absolute Gasteiger partial charge is 0.172 e. The Hall–Kier alpha value is -2.04. The van der Waals surface area contributed by atoms with Gasteiger partial charge in [0.15, 0.2) is 6.29 Å². The summed E-state index contributed by atoms with van der Waals surface area (Å²) in [5.74, 6) is 0.496. The normalized spacial score (nSPS) is 15.7. The molecule has 0 saturated heterocycles. The van der Waals surface area contributed by atoms with Crippen LogP contribution in [0.5, 0.6) is 0 Å². The number of nitrogens with zero attached hydrogens (tertiary/aromatic N) is 3. The van der Waals surface area contributed by atoms with Crippen molar-refractivity contribution in [2.75, 3.05) is 0 Å². The van der Waals surface area contributed by atoms with Crippen molar-refractivity contribution in [3.8, 4) is 0 Å². The van der Waals surface area contributed by atoms with E-state index in [2.05, 4.69) is 10.3 Å². The van der Waals surface area contributed by atoms with Crippen LogP contribution < -0.4 is 0 Å². The number of hydrogen-bond donors (Lipinski definition) is 0. The summed E-state index contributed by atoms with van der Waals surface area (Å²) in [6.07, 6.45) is 9.25. The Kier molecular flexibility index (Phi) is 5.16. The van der Waals surface area contributed by atoms with Crippen LogP contribution in [-0.4, -0.2) is 21.3 Å². The fourth-order valence-corrected chi connectivity index (χ4v) is 3.40. The fraction of sp³-hybridized carbons (Fsp3) is 0.500. The molecule has 0 N–H and O–H groups in total. The van der Waals surface area contributed by atoms with E-state index in [1.807, 2.05) is 0 Å². The molecule has 1 aliphatic carbocycles. The van der Waals surface area contributed by atoms with Crippen LogP contribution in [0.2, 0.25) is 0 Å². The van der Waals surface area contributed by atoms with Gasteiger partial charge in [-0.05, 0) is 36.5 Å². The summed E-state index contributed by atoms with van der Waals surface area (Å²) in [7, 11) is 0. The number of benzene rings is 1. The highest BCUT2D eigenvalue weighted by atomic mass is 19.1. The lowest BCUT2D eigenvalue weighted by Gasteiger charge is -2.21. The molecule has 0 aliphatic heterocycles. The number of carbonyl (C=O) groups excluding carboxylic acids is 1. The van der Waals surface area contributed by atoms with Crippen LogP contribution in [0.25, 0.3) is 0 Å². The third-order valence-electron chi connectivity index (χ3n) is 4.74. The summed E-state index contributed by atoms with van der Waals surface area (Å²) in [4.78, 5) is 11.2. The van der Waals surface area contributed by atoms with E-state index in [0.717, 1.165) is 36.3 Å². The Bertz CT molecular complexity index is 645. The molecule has 0 spiro atoms. The quantitative estimate of drug-likeness (QED) is 0.762. The Balaban J connectivity index is 1.71. The van der Waals surface area contributed by atoms with Crippen molar-refractivity contribution in [2.24, 2.45) is 5.92 Å². The molecule has 1 aliphatic rings. The molecule has 0 radical (unpaired) electrons. The second-order valence-electron chi connectivity index (χ2n) is 6.37. The van der Waals surface area contributed by atoms with E-state index in [4.69, 9.17) is 0 Å². The molecular formula is C18H22FN3O. The summed E-state index contributed by atoms with van der Waals surface area (Å²) < 4.78 is 14.8. The standard InChI is InChI=1S/C18H22FN3O/c19-16-9-6-15(7-10-16)12-22-18(17(13-23)20-21-22)11-8-14-4-2-1-3-5-14/h6-7,9-10,13-14H,1-5,8,11-12H2. The molecule has 0 atom stereocenters. The molecule has 4 nitrogen and oxygen atoms in total. The molecule has 5 heteroatoms. The van der Waals surface area contributed by atoms with Crippen LogP contribution in [0, 0.1) is 11.7 Å². The third-order valence-corrected chi connectivity index (χ3v) is 4.74. The van der Waals surface area contributed by atoms with Crippen LogP contribution >= 0.6 is 0 Å². The van der Waals surface area contributed by atoms with E-state index in [9.17, 15) is 9.18 Å². The molecule has 2 aromatic rings. The molecule has 1 fully saturated rings. The van der Waals surface area contributed by atoms with Gasteiger partial charge in [-0.1, -0.05) is 49.5 Å². The highest BCUT2D eigenvalue weighted by Gasteiger charge is 2.17. The summed E-state index contributed by atoms with van der Waals surface area (Å²) in [5.41, 5.74) is 2.28. The van der Waals surface area contributed by atoms with Gasteiger partial charge in [0.05, 0.1) is 12.2 Å². The lowest BCUT2D eigenvalue weighted by molar-refractivity contribution is 0.111. The Morgan fingerprint density at radius 3 is 2.61 bits per heavy atom. The Morgan fingerprint density at radius 2 is 1.91 bits per heavy atom. The van der Waals surface area contributed by atoms with E-state index >= 15 is 0 Å². The number of carbonyl (C=O) groups is 1. The van der Waals surface area contributed by atoms with E-state index in [0.29, 0.717) is 12.2 Å². The molecule has 122 valence electrons. The minimum Gasteiger partial charge on any atom is -0.296 e. The molecule has 23 heavy (non-hydrogen) atoms. The summed E-state index contributed by atoms with van der Waals surface area (Å²) in [5, 5.41) is 8.09. The molecule has 0 amide bonds. The van der Waals surface area contributed by atoms with Gasteiger partial charge in [0, 0.05) is 0 Å². The van der Waals surface area contributed by atoms with Crippen molar-refractivity contribution < 1.29 is 9.18 Å². The molecule has 1 heterocycles. The third kappa shape index (κ3) is 4.03. The van der Waals surface area contributed by atoms with E-state index in [1.54, 1.807) is 16.8 Å². The van der Waals surface area contributed by atoms with Gasteiger partial charge in [-0.2, -0.15) is 0 Å². The van der Waals surface area contributed by atoms with Crippen molar-refractivity contribution in [2.45, 2.75) is 51.5 Å². The minimum atomic E-state index is -0.251. The number of rotatable bonds is 6. The van der Waals surface area contributed by atoms with Crippen molar-refractivity contribution in [3.63, 3.8) is 0 Å². The maximum absolute atomic E-state index is 13.0. The van der Waals surface area contributed by atoms with Crippen LogP contribution in [0.15, 0.2) is 24.3 Å². The Labute approximate surface area is 135 Å². The van der Waals surface area contributed by atoms with Crippen molar-refractivity contribution in [3.05, 3.63) is 47.0 Å². The lowest BCUT2D eigenvalue weighted by atomic mass is 9.85. The molecular weight excluding hydrogens is 293 g/mol. The fourth-order valence-electron chi connectivity index (χ4n) is 3.40. The van der Waals surface area contributed by atoms with Crippen LogP contribution in [-0.2, 0) is 13.0 Å². The van der Waals surface area contributed by atoms with Gasteiger partial charge in [-0.3, -0.25) is 4.79 Å². The van der Waals surface area contributed by atoms with Gasteiger partial charge >= 0.3 is 0 Å². The number of aromatic nitrogens is 3. The van der Waals surface area contributed by atoms with Gasteiger partial charge in [0.1, 0.15) is 11.5 Å². The predicted molar refractivity (Wildman–Crippen MR) is 85.8 cm³/mol. The highest BCUT2D eigenvalue weighted by Crippen LogP contribution is 2.27. The first-order valence-corrected chi connectivity index (χ1v) is 8.38. The first-order valence-electron chi connectivity index (χ1n) is 8.38. The van der Waals surface area contributed by atoms with Crippen LogP contribution in [0.1, 0.15) is 60.3 Å². The molecule has 0 bridgehead atoms. The second-order valence-corrected chi connectivity index (χ2v) is 6.37. The molecule has 0 unspecified atom stereocenters. The van der Waals surface area contributed by atoms with Crippen molar-refractivity contribution >= 4 is 6.29 Å². The largest absolute Gasteiger partial charge is 0.296 e. The zero-order chi connectivity index (χ0) is 16.1. The number of halogens is 1. The molecule has 1 aromatic heterocycles. The molecule has 3 rings (SSSR count). The average Bonchev–Trinajstić information content (AvgIpc) is 2.98. The molecule has 1 saturated carbocycles. The van der Waals surface area contributed by atoms with Gasteiger partial charge in [-0.25, -0.2) is 9.07 Å². The summed E-state index contributed by atoms with van der Waals surface area (Å²) >= 11 is 0. The SMILES string of the molecule is O=Cc1nnn(Cc2ccc(F)cc2)c1CCC1CCCCC1. The van der Waals surface area contributed by atoms with Crippen LogP contribution in [0.4, 0.5) is 4.39 Å². The lowest BCUT2D eigenvalue weighted by Crippen LogP contribution is -2.12. The minimum absolute atomic E-state index is 0.251. The summed E-state index contributed by atoms with van der Waals surface area (Å²) in [6.45, 7) is 0.515. The second kappa shape index (κ2) is 7.49. The topological polar surface area (TPSA) is 47.8 Å². The van der Waals surface area contributed by atoms with Crippen molar-refractivity contribution in [1.29, 1.82) is 0 Å². The average molecular weight is 315 g/mol.